The van der Waals surface area contributed by atoms with E-state index in [9.17, 15) is 14.7 Å². The van der Waals surface area contributed by atoms with Crippen LogP contribution in [0.1, 0.15) is 37.7 Å². The van der Waals surface area contributed by atoms with Gasteiger partial charge in [0.2, 0.25) is 0 Å². The Bertz CT molecular complexity index is 1090. The third-order valence-corrected chi connectivity index (χ3v) is 11.5. The van der Waals surface area contributed by atoms with Gasteiger partial charge in [0.1, 0.15) is 4.60 Å². The zero-order valence-electron chi connectivity index (χ0n) is 20.6. The molecule has 190 valence electrons. The normalized spacial score (nSPS) is 18.7. The van der Waals surface area contributed by atoms with E-state index >= 15 is 0 Å². The fraction of sp³-hybridized carbons (Fsp3) is 0.478. The van der Waals surface area contributed by atoms with E-state index in [4.69, 9.17) is 10.2 Å². The van der Waals surface area contributed by atoms with Crippen molar-refractivity contribution in [1.29, 1.82) is 0 Å². The lowest BCUT2D eigenvalue weighted by Gasteiger charge is -2.45. The second-order valence-electron chi connectivity index (χ2n) is 10.2. The number of nitrogens with zero attached hydrogens (tertiary/aromatic N) is 3. The molecule has 0 radical (unpaired) electrons. The minimum absolute atomic E-state index is 0.0116. The zero-order chi connectivity index (χ0) is 26.0. The van der Waals surface area contributed by atoms with Gasteiger partial charge in [-0.05, 0) is 58.7 Å². The van der Waals surface area contributed by atoms with Crippen LogP contribution in [-0.4, -0.2) is 60.6 Å². The van der Waals surface area contributed by atoms with Crippen LogP contribution in [0.5, 0.6) is 0 Å². The van der Waals surface area contributed by atoms with Crippen LogP contribution in [-0.2, 0) is 4.43 Å². The topological polar surface area (TPSA) is 143 Å². The second kappa shape index (κ2) is 10.5. The molecule has 10 nitrogen and oxygen atoms in total. The quantitative estimate of drug-likeness (QED) is 0.300. The highest BCUT2D eigenvalue weighted by Gasteiger charge is 2.41. The molecule has 35 heavy (non-hydrogen) atoms. The lowest BCUT2D eigenvalue weighted by atomic mass is 10.0. The smallest absolute Gasteiger partial charge is 0.404 e. The Hall–Kier alpha value is -2.70. The standard InChI is InChI=1S/C23H33BrN6O4Si/c1-23(2,3)35(4,5)34-15-10-14(27-22(32)33)12-30(13-15)18-8-9-26-11-17(18)28-21(31)20-16(25)6-7-19(24)29-20/h6-9,11,14-15,27H,10,12-13,25H2,1-5H3,(H,28,31)(H,32,33)/t14-,15+/m0/s1. The summed E-state index contributed by atoms with van der Waals surface area (Å²) >= 11 is 3.26. The van der Waals surface area contributed by atoms with Crippen molar-refractivity contribution in [1.82, 2.24) is 15.3 Å². The molecule has 0 unspecified atom stereocenters. The van der Waals surface area contributed by atoms with Gasteiger partial charge in [0.15, 0.2) is 14.0 Å². The molecule has 12 heteroatoms. The third kappa shape index (κ3) is 6.70. The Kier molecular flexibility index (Phi) is 8.07. The highest BCUT2D eigenvalue weighted by molar-refractivity contribution is 9.10. The Morgan fingerprint density at radius 3 is 2.63 bits per heavy atom. The second-order valence-corrected chi connectivity index (χ2v) is 15.8. The fourth-order valence-electron chi connectivity index (χ4n) is 3.78. The fourth-order valence-corrected chi connectivity index (χ4v) is 5.44. The van der Waals surface area contributed by atoms with Gasteiger partial charge in [-0.1, -0.05) is 20.8 Å². The average molecular weight is 566 g/mol. The first-order valence-corrected chi connectivity index (χ1v) is 15.1. The van der Waals surface area contributed by atoms with E-state index in [-0.39, 0.29) is 28.6 Å². The molecule has 2 atom stereocenters. The molecule has 0 aromatic carbocycles. The molecule has 0 aliphatic carbocycles. The van der Waals surface area contributed by atoms with Crippen LogP contribution >= 0.6 is 15.9 Å². The highest BCUT2D eigenvalue weighted by Crippen LogP contribution is 2.39. The summed E-state index contributed by atoms with van der Waals surface area (Å²) in [5, 5.41) is 14.9. The number of carboxylic acid groups (broad SMARTS) is 1. The van der Waals surface area contributed by atoms with E-state index < -0.39 is 20.3 Å². The van der Waals surface area contributed by atoms with E-state index in [1.807, 2.05) is 4.90 Å². The molecular weight excluding hydrogens is 532 g/mol. The van der Waals surface area contributed by atoms with Crippen LogP contribution in [0, 0.1) is 0 Å². The van der Waals surface area contributed by atoms with E-state index in [2.05, 4.69) is 70.4 Å². The molecule has 1 saturated heterocycles. The molecule has 1 aliphatic rings. The molecule has 2 aromatic rings. The molecule has 0 spiro atoms. The maximum absolute atomic E-state index is 13.0. The largest absolute Gasteiger partial charge is 0.465 e. The van der Waals surface area contributed by atoms with E-state index in [1.54, 1.807) is 30.6 Å². The number of nitrogen functional groups attached to an aromatic ring is 1. The number of aromatic nitrogens is 2. The van der Waals surface area contributed by atoms with Crippen LogP contribution in [0.25, 0.3) is 0 Å². The summed E-state index contributed by atoms with van der Waals surface area (Å²) < 4.78 is 7.15. The summed E-state index contributed by atoms with van der Waals surface area (Å²) in [7, 11) is -2.10. The Morgan fingerprint density at radius 2 is 1.97 bits per heavy atom. The predicted molar refractivity (Wildman–Crippen MR) is 142 cm³/mol. The lowest BCUT2D eigenvalue weighted by Crippen LogP contribution is -2.56. The van der Waals surface area contributed by atoms with Gasteiger partial charge in [-0.15, -0.1) is 0 Å². The first-order chi connectivity index (χ1) is 16.3. The van der Waals surface area contributed by atoms with Crippen LogP contribution < -0.4 is 21.3 Å². The Balaban J connectivity index is 1.88. The number of nitrogens with one attached hydrogen (secondary N) is 2. The van der Waals surface area contributed by atoms with Gasteiger partial charge in [0.25, 0.3) is 5.91 Å². The molecule has 2 aromatic heterocycles. The number of pyridine rings is 2. The maximum atomic E-state index is 13.0. The highest BCUT2D eigenvalue weighted by atomic mass is 79.9. The number of rotatable bonds is 6. The number of carbonyl (C=O) groups is 2. The molecule has 2 amide bonds. The Morgan fingerprint density at radius 1 is 1.26 bits per heavy atom. The molecule has 0 bridgehead atoms. The molecule has 5 N–H and O–H groups in total. The molecule has 1 aliphatic heterocycles. The minimum Gasteiger partial charge on any atom is -0.465 e. The zero-order valence-corrected chi connectivity index (χ0v) is 23.2. The van der Waals surface area contributed by atoms with Gasteiger partial charge in [-0.2, -0.15) is 0 Å². The monoisotopic (exact) mass is 564 g/mol. The summed E-state index contributed by atoms with van der Waals surface area (Å²) in [6.07, 6.45) is 2.50. The summed E-state index contributed by atoms with van der Waals surface area (Å²) in [5.74, 6) is -0.468. The molecule has 3 rings (SSSR count). The number of piperidine rings is 1. The first kappa shape index (κ1) is 26.9. The number of halogens is 1. The van der Waals surface area contributed by atoms with Gasteiger partial charge in [-0.3, -0.25) is 9.78 Å². The van der Waals surface area contributed by atoms with Gasteiger partial charge < -0.3 is 30.8 Å². The van der Waals surface area contributed by atoms with E-state index in [0.29, 0.717) is 35.5 Å². The van der Waals surface area contributed by atoms with Crippen molar-refractivity contribution in [2.75, 3.05) is 29.0 Å². The van der Waals surface area contributed by atoms with Crippen LogP contribution in [0.15, 0.2) is 35.2 Å². The Labute approximate surface area is 214 Å². The summed E-state index contributed by atoms with van der Waals surface area (Å²) in [4.78, 5) is 34.8. The number of nitrogens with two attached hydrogens (primary N) is 1. The average Bonchev–Trinajstić information content (AvgIpc) is 2.74. The number of anilines is 3. The van der Waals surface area contributed by atoms with Crippen molar-refractivity contribution < 1.29 is 19.1 Å². The van der Waals surface area contributed by atoms with Crippen LogP contribution in [0.2, 0.25) is 18.1 Å². The lowest BCUT2D eigenvalue weighted by molar-refractivity contribution is 0.102. The van der Waals surface area contributed by atoms with Crippen molar-refractivity contribution in [2.24, 2.45) is 0 Å². The molecule has 1 fully saturated rings. The maximum Gasteiger partial charge on any atom is 0.404 e. The number of carbonyl (C=O) groups excluding carboxylic acids is 1. The summed E-state index contributed by atoms with van der Waals surface area (Å²) in [5.41, 5.74) is 7.49. The molecular formula is C23H33BrN6O4Si. The van der Waals surface area contributed by atoms with E-state index in [1.165, 1.54) is 0 Å². The number of hydrogen-bond acceptors (Lipinski definition) is 7. The minimum atomic E-state index is -2.10. The molecule has 0 saturated carbocycles. The number of amides is 2. The first-order valence-electron chi connectivity index (χ1n) is 11.4. The van der Waals surface area contributed by atoms with Gasteiger partial charge in [0, 0.05) is 19.3 Å². The van der Waals surface area contributed by atoms with E-state index in [0.717, 1.165) is 0 Å². The summed E-state index contributed by atoms with van der Waals surface area (Å²) in [6, 6.07) is 4.72. The summed E-state index contributed by atoms with van der Waals surface area (Å²) in [6.45, 7) is 11.8. The van der Waals surface area contributed by atoms with Gasteiger partial charge in [0.05, 0.1) is 35.4 Å². The van der Waals surface area contributed by atoms with Crippen LogP contribution in [0.4, 0.5) is 21.9 Å². The van der Waals surface area contributed by atoms with Crippen molar-refractivity contribution in [2.45, 2.75) is 57.5 Å². The number of hydrogen-bond donors (Lipinski definition) is 4. The predicted octanol–water partition coefficient (Wildman–Crippen LogP) is 4.31. The SMILES string of the molecule is CC(C)(C)[Si](C)(C)O[C@@H]1C[C@H](NC(=O)O)CN(c2ccncc2NC(=O)c2nc(Br)ccc2N)C1. The molecule has 3 heterocycles. The van der Waals surface area contributed by atoms with Crippen LogP contribution in [0.3, 0.4) is 0 Å². The van der Waals surface area contributed by atoms with Crippen molar-refractivity contribution >= 4 is 53.3 Å². The third-order valence-electron chi connectivity index (χ3n) is 6.50. The van der Waals surface area contributed by atoms with Gasteiger partial charge in [-0.25, -0.2) is 9.78 Å². The van der Waals surface area contributed by atoms with Crippen molar-refractivity contribution in [3.63, 3.8) is 0 Å². The van der Waals surface area contributed by atoms with Crippen molar-refractivity contribution in [3.8, 4) is 0 Å². The van der Waals surface area contributed by atoms with Crippen molar-refractivity contribution in [3.05, 3.63) is 40.9 Å². The van der Waals surface area contributed by atoms with Gasteiger partial charge >= 0.3 is 6.09 Å².